The van der Waals surface area contributed by atoms with Gasteiger partial charge in [-0.1, -0.05) is 93.2 Å². The van der Waals surface area contributed by atoms with E-state index in [2.05, 4.69) is 33.9 Å². The first-order valence-electron chi connectivity index (χ1n) is 14.0. The molecule has 3 aromatic carbocycles. The first kappa shape index (κ1) is 31.5. The molecule has 1 aliphatic rings. The van der Waals surface area contributed by atoms with E-state index in [-0.39, 0.29) is 17.4 Å². The van der Waals surface area contributed by atoms with Crippen LogP contribution in [0.4, 0.5) is 0 Å². The van der Waals surface area contributed by atoms with E-state index in [0.29, 0.717) is 13.2 Å². The molecule has 1 saturated heterocycles. The van der Waals surface area contributed by atoms with Crippen LogP contribution in [0.3, 0.4) is 0 Å². The number of Topliss-reactive ketones (excluding diaryl/α,β-unsaturated/α-hetero) is 1. The van der Waals surface area contributed by atoms with Crippen LogP contribution < -0.4 is 4.74 Å². The van der Waals surface area contributed by atoms with E-state index >= 15 is 0 Å². The van der Waals surface area contributed by atoms with Gasteiger partial charge < -0.3 is 23.4 Å². The fourth-order valence-electron chi connectivity index (χ4n) is 4.20. The van der Waals surface area contributed by atoms with Crippen LogP contribution in [0, 0.1) is 0 Å². The Balaban J connectivity index is 1.58. The van der Waals surface area contributed by atoms with Gasteiger partial charge in [-0.15, -0.1) is 0 Å². The fourth-order valence-corrected chi connectivity index (χ4v) is 6.57. The molecule has 0 unspecified atom stereocenters. The molecule has 0 N–H and O–H groups in total. The summed E-state index contributed by atoms with van der Waals surface area (Å²) in [7, 11) is -0.707. The van der Waals surface area contributed by atoms with Crippen LogP contribution in [0.5, 0.6) is 5.75 Å². The lowest BCUT2D eigenvalue weighted by atomic mass is 10.0. The largest absolute Gasteiger partial charge is 0.497 e. The van der Waals surface area contributed by atoms with Crippen LogP contribution in [0.25, 0.3) is 0 Å². The van der Waals surface area contributed by atoms with E-state index in [1.54, 1.807) is 18.9 Å². The Morgan fingerprint density at radius 2 is 1.46 bits per heavy atom. The standard InChI is InChI=1S/C33H42O6SSi/c1-33(2,3)41(5,6)39-30-29(34)28(23-36-21-25-17-19-26(35-4)20-18-25)38-32(40-27-15-11-8-12-16-27)31(30)37-22-24-13-9-7-10-14-24/h7-20,28,30-32H,21-23H2,1-6H3/t28-,30+,31-,32+/m1/s1. The highest BCUT2D eigenvalue weighted by atomic mass is 32.2. The minimum Gasteiger partial charge on any atom is -0.497 e. The molecule has 4 rings (SSSR count). The van der Waals surface area contributed by atoms with E-state index < -0.39 is 32.1 Å². The minimum absolute atomic E-state index is 0.0853. The van der Waals surface area contributed by atoms with Gasteiger partial charge in [0.2, 0.25) is 0 Å². The van der Waals surface area contributed by atoms with E-state index in [4.69, 9.17) is 23.4 Å². The van der Waals surface area contributed by atoms with E-state index in [1.165, 1.54) is 0 Å². The summed E-state index contributed by atoms with van der Waals surface area (Å²) in [5.41, 5.74) is 1.55. The molecule has 0 radical (unpaired) electrons. The molecule has 0 spiro atoms. The Labute approximate surface area is 249 Å². The normalized spacial score (nSPS) is 21.6. The van der Waals surface area contributed by atoms with Crippen molar-refractivity contribution in [2.45, 2.75) is 80.8 Å². The SMILES string of the molecule is COc1ccc(COC[C@H]2O[C@@H](Sc3ccccc3)[C@H](OCc3ccccc3)[C@@H](O[Si](C)(C)C(C)(C)C)C2=O)cc1. The first-order valence-corrected chi connectivity index (χ1v) is 17.8. The van der Waals surface area contributed by atoms with E-state index in [9.17, 15) is 4.79 Å². The number of benzene rings is 3. The van der Waals surface area contributed by atoms with Crippen LogP contribution in [0.15, 0.2) is 89.8 Å². The molecular formula is C33H42O6SSi. The molecular weight excluding hydrogens is 553 g/mol. The maximum atomic E-state index is 14.1. The average molecular weight is 595 g/mol. The Bertz CT molecular complexity index is 1230. The molecule has 0 bridgehead atoms. The van der Waals surface area contributed by atoms with Gasteiger partial charge >= 0.3 is 0 Å². The molecule has 0 aliphatic carbocycles. The quantitative estimate of drug-likeness (QED) is 0.204. The van der Waals surface area contributed by atoms with Crippen molar-refractivity contribution in [3.05, 3.63) is 96.1 Å². The summed E-state index contributed by atoms with van der Waals surface area (Å²) < 4.78 is 31.1. The van der Waals surface area contributed by atoms with Crippen molar-refractivity contribution in [3.63, 3.8) is 0 Å². The highest BCUT2D eigenvalue weighted by molar-refractivity contribution is 7.99. The number of hydrogen-bond donors (Lipinski definition) is 0. The van der Waals surface area contributed by atoms with Gasteiger partial charge in [-0.3, -0.25) is 4.79 Å². The monoisotopic (exact) mass is 594 g/mol. The lowest BCUT2D eigenvalue weighted by molar-refractivity contribution is -0.183. The van der Waals surface area contributed by atoms with Gasteiger partial charge in [0.25, 0.3) is 0 Å². The van der Waals surface area contributed by atoms with Crippen molar-refractivity contribution in [2.75, 3.05) is 13.7 Å². The summed E-state index contributed by atoms with van der Waals surface area (Å²) in [6.45, 7) is 11.7. The van der Waals surface area contributed by atoms with E-state index in [1.807, 2.05) is 84.9 Å². The maximum absolute atomic E-state index is 14.1. The maximum Gasteiger partial charge on any atom is 0.194 e. The zero-order valence-corrected chi connectivity index (χ0v) is 26.7. The van der Waals surface area contributed by atoms with Gasteiger partial charge in [0.05, 0.1) is 26.9 Å². The van der Waals surface area contributed by atoms with Crippen molar-refractivity contribution < 1.29 is 28.2 Å². The van der Waals surface area contributed by atoms with Crippen molar-refractivity contribution in [1.82, 2.24) is 0 Å². The number of hydrogen-bond acceptors (Lipinski definition) is 7. The molecule has 1 heterocycles. The summed E-state index contributed by atoms with van der Waals surface area (Å²) >= 11 is 1.55. The smallest absolute Gasteiger partial charge is 0.194 e. The second-order valence-electron chi connectivity index (χ2n) is 11.7. The molecule has 0 aromatic heterocycles. The molecule has 6 nitrogen and oxygen atoms in total. The van der Waals surface area contributed by atoms with Crippen LogP contribution in [0.2, 0.25) is 18.1 Å². The minimum atomic E-state index is -2.35. The predicted molar refractivity (Wildman–Crippen MR) is 166 cm³/mol. The number of thioether (sulfide) groups is 1. The lowest BCUT2D eigenvalue weighted by Crippen LogP contribution is -2.60. The summed E-state index contributed by atoms with van der Waals surface area (Å²) in [4.78, 5) is 15.1. The second-order valence-corrected chi connectivity index (χ2v) is 17.7. The summed E-state index contributed by atoms with van der Waals surface area (Å²) in [5, 5.41) is -0.0853. The van der Waals surface area contributed by atoms with Crippen molar-refractivity contribution in [1.29, 1.82) is 0 Å². The summed E-state index contributed by atoms with van der Waals surface area (Å²) in [5.74, 6) is 0.653. The second kappa shape index (κ2) is 14.1. The molecule has 8 heteroatoms. The Morgan fingerprint density at radius 1 is 0.854 bits per heavy atom. The van der Waals surface area contributed by atoms with Crippen molar-refractivity contribution in [2.24, 2.45) is 0 Å². The molecule has 220 valence electrons. The third kappa shape index (κ3) is 8.53. The predicted octanol–water partition coefficient (Wildman–Crippen LogP) is 7.27. The van der Waals surface area contributed by atoms with Gasteiger partial charge in [-0.2, -0.15) is 0 Å². The van der Waals surface area contributed by atoms with Crippen LogP contribution in [0.1, 0.15) is 31.9 Å². The fraction of sp³-hybridized carbons (Fsp3) is 0.424. The number of ether oxygens (including phenoxy) is 4. The first-order chi connectivity index (χ1) is 19.6. The zero-order valence-electron chi connectivity index (χ0n) is 24.9. The number of carbonyl (C=O) groups is 1. The Kier molecular flexibility index (Phi) is 10.9. The molecule has 3 aromatic rings. The van der Waals surface area contributed by atoms with Crippen LogP contribution in [-0.2, 0) is 36.6 Å². The molecule has 4 atom stereocenters. The number of ketones is 1. The van der Waals surface area contributed by atoms with E-state index in [0.717, 1.165) is 21.8 Å². The third-order valence-electron chi connectivity index (χ3n) is 7.67. The molecule has 1 fully saturated rings. The molecule has 1 aliphatic heterocycles. The van der Waals surface area contributed by atoms with Crippen LogP contribution in [-0.4, -0.2) is 51.6 Å². The third-order valence-corrected chi connectivity index (χ3v) is 13.3. The highest BCUT2D eigenvalue weighted by Crippen LogP contribution is 2.41. The van der Waals surface area contributed by atoms with Gasteiger partial charge in [0.1, 0.15) is 29.5 Å². The molecule has 0 amide bonds. The highest BCUT2D eigenvalue weighted by Gasteiger charge is 2.51. The topological polar surface area (TPSA) is 63.2 Å². The van der Waals surface area contributed by atoms with Gasteiger partial charge in [0, 0.05) is 4.90 Å². The van der Waals surface area contributed by atoms with Crippen molar-refractivity contribution >= 4 is 25.9 Å². The lowest BCUT2D eigenvalue weighted by Gasteiger charge is -2.45. The molecule has 0 saturated carbocycles. The van der Waals surface area contributed by atoms with Gasteiger partial charge in [-0.25, -0.2) is 0 Å². The average Bonchev–Trinajstić information content (AvgIpc) is 2.96. The number of carbonyl (C=O) groups excluding carboxylic acids is 1. The number of rotatable bonds is 12. The van der Waals surface area contributed by atoms with Gasteiger partial charge in [-0.05, 0) is 53.5 Å². The number of methoxy groups -OCH3 is 1. The summed E-state index contributed by atoms with van der Waals surface area (Å²) in [6, 6.07) is 27.7. The van der Waals surface area contributed by atoms with Crippen molar-refractivity contribution in [3.8, 4) is 5.75 Å². The Hall–Kier alpha value is -2.46. The molecule has 41 heavy (non-hydrogen) atoms. The summed E-state index contributed by atoms with van der Waals surface area (Å²) in [6.07, 6.45) is -2.15. The Morgan fingerprint density at radius 3 is 2.07 bits per heavy atom. The van der Waals surface area contributed by atoms with Crippen LogP contribution >= 0.6 is 11.8 Å². The zero-order chi connectivity index (χ0) is 29.5. The van der Waals surface area contributed by atoms with Gasteiger partial charge in [0.15, 0.2) is 14.1 Å².